The molecule has 0 saturated carbocycles. The van der Waals surface area contributed by atoms with Gasteiger partial charge in [0.2, 0.25) is 0 Å². The molecule has 0 fully saturated rings. The summed E-state index contributed by atoms with van der Waals surface area (Å²) in [5.74, 6) is 1.81. The first kappa shape index (κ1) is 14.1. The lowest BCUT2D eigenvalue weighted by Gasteiger charge is -2.13. The number of nitrogens with one attached hydrogen (secondary N) is 1. The van der Waals surface area contributed by atoms with Crippen molar-refractivity contribution in [3.8, 4) is 11.5 Å². The van der Waals surface area contributed by atoms with Crippen molar-refractivity contribution >= 4 is 15.9 Å². The highest BCUT2D eigenvalue weighted by atomic mass is 79.9. The molecule has 3 heteroatoms. The maximum absolute atomic E-state index is 6.03. The van der Waals surface area contributed by atoms with Gasteiger partial charge in [-0.1, -0.05) is 41.1 Å². The number of hydrogen-bond donors (Lipinski definition) is 1. The van der Waals surface area contributed by atoms with Crippen LogP contribution in [-0.4, -0.2) is 6.54 Å². The average molecular weight is 320 g/mol. The Kier molecular flexibility index (Phi) is 5.00. The maximum Gasteiger partial charge on any atom is 0.131 e. The molecule has 0 spiro atoms. The van der Waals surface area contributed by atoms with E-state index in [9.17, 15) is 0 Å². The summed E-state index contributed by atoms with van der Waals surface area (Å²) >= 11 is 3.46. The van der Waals surface area contributed by atoms with Crippen molar-refractivity contribution < 1.29 is 4.74 Å². The van der Waals surface area contributed by atoms with Gasteiger partial charge in [-0.05, 0) is 43.3 Å². The molecule has 0 unspecified atom stereocenters. The minimum atomic E-state index is 0.822. The lowest BCUT2D eigenvalue weighted by molar-refractivity contribution is 0.469. The molecule has 2 rings (SSSR count). The van der Waals surface area contributed by atoms with Crippen molar-refractivity contribution in [2.75, 3.05) is 6.54 Å². The minimum Gasteiger partial charge on any atom is -0.457 e. The van der Waals surface area contributed by atoms with Crippen LogP contribution < -0.4 is 10.1 Å². The van der Waals surface area contributed by atoms with Crippen LogP contribution in [0.3, 0.4) is 0 Å². The van der Waals surface area contributed by atoms with E-state index in [0.29, 0.717) is 0 Å². The Balaban J connectivity index is 2.22. The summed E-state index contributed by atoms with van der Waals surface area (Å²) in [6, 6.07) is 14.2. The number of benzene rings is 2. The Labute approximate surface area is 122 Å². The Morgan fingerprint density at radius 1 is 1.11 bits per heavy atom. The van der Waals surface area contributed by atoms with Gasteiger partial charge < -0.3 is 10.1 Å². The molecule has 0 heterocycles. The van der Waals surface area contributed by atoms with Crippen molar-refractivity contribution in [2.24, 2.45) is 0 Å². The largest absolute Gasteiger partial charge is 0.457 e. The Morgan fingerprint density at radius 3 is 2.63 bits per heavy atom. The molecular formula is C16H18BrNO. The van der Waals surface area contributed by atoms with Gasteiger partial charge >= 0.3 is 0 Å². The number of halogens is 1. The smallest absolute Gasteiger partial charge is 0.131 e. The third-order valence-corrected chi connectivity index (χ3v) is 3.39. The molecule has 2 nitrogen and oxygen atoms in total. The maximum atomic E-state index is 6.03. The van der Waals surface area contributed by atoms with Crippen LogP contribution in [0.15, 0.2) is 46.9 Å². The SMILES string of the molecule is CCNCc1ccccc1Oc1ccc(Br)cc1C. The molecule has 0 radical (unpaired) electrons. The molecule has 0 amide bonds. The van der Waals surface area contributed by atoms with Gasteiger partial charge in [0.1, 0.15) is 11.5 Å². The number of rotatable bonds is 5. The first-order valence-corrected chi connectivity index (χ1v) is 7.22. The molecule has 1 N–H and O–H groups in total. The Morgan fingerprint density at radius 2 is 1.89 bits per heavy atom. The van der Waals surface area contributed by atoms with Crippen molar-refractivity contribution in [2.45, 2.75) is 20.4 Å². The molecular weight excluding hydrogens is 302 g/mol. The van der Waals surface area contributed by atoms with Crippen LogP contribution >= 0.6 is 15.9 Å². The fourth-order valence-electron chi connectivity index (χ4n) is 1.85. The summed E-state index contributed by atoms with van der Waals surface area (Å²) in [6.07, 6.45) is 0. The second kappa shape index (κ2) is 6.73. The number of ether oxygens (including phenoxy) is 1. The second-order valence-electron chi connectivity index (χ2n) is 4.40. The summed E-state index contributed by atoms with van der Waals surface area (Å²) in [4.78, 5) is 0. The number of hydrogen-bond acceptors (Lipinski definition) is 2. The average Bonchev–Trinajstić information content (AvgIpc) is 2.41. The van der Waals surface area contributed by atoms with E-state index in [-0.39, 0.29) is 0 Å². The standard InChI is InChI=1S/C16H18BrNO/c1-3-18-11-13-6-4-5-7-16(13)19-15-9-8-14(17)10-12(15)2/h4-10,18H,3,11H2,1-2H3. The summed E-state index contributed by atoms with van der Waals surface area (Å²) in [6.45, 7) is 5.92. The first-order chi connectivity index (χ1) is 9.20. The lowest BCUT2D eigenvalue weighted by Crippen LogP contribution is -2.12. The molecule has 0 aromatic heterocycles. The van der Waals surface area contributed by atoms with Gasteiger partial charge in [0, 0.05) is 16.6 Å². The Bertz CT molecular complexity index is 554. The second-order valence-corrected chi connectivity index (χ2v) is 5.32. The van der Waals surface area contributed by atoms with Crippen LogP contribution in [0.2, 0.25) is 0 Å². The molecule has 2 aromatic rings. The third-order valence-electron chi connectivity index (χ3n) is 2.89. The van der Waals surface area contributed by atoms with Gasteiger partial charge in [-0.2, -0.15) is 0 Å². The van der Waals surface area contributed by atoms with Gasteiger partial charge in [0.25, 0.3) is 0 Å². The summed E-state index contributed by atoms with van der Waals surface area (Å²) < 4.78 is 7.10. The summed E-state index contributed by atoms with van der Waals surface area (Å²) in [5, 5.41) is 3.33. The third kappa shape index (κ3) is 3.82. The van der Waals surface area contributed by atoms with Gasteiger partial charge in [-0.3, -0.25) is 0 Å². The van der Waals surface area contributed by atoms with E-state index in [1.54, 1.807) is 0 Å². The van der Waals surface area contributed by atoms with Crippen LogP contribution in [0, 0.1) is 6.92 Å². The van der Waals surface area contributed by atoms with Gasteiger partial charge in [0.05, 0.1) is 0 Å². The van der Waals surface area contributed by atoms with E-state index in [1.807, 2.05) is 37.3 Å². The van der Waals surface area contributed by atoms with E-state index in [4.69, 9.17) is 4.74 Å². The van der Waals surface area contributed by atoms with E-state index >= 15 is 0 Å². The van der Waals surface area contributed by atoms with Crippen LogP contribution in [-0.2, 0) is 6.54 Å². The number of para-hydroxylation sites is 1. The van der Waals surface area contributed by atoms with Crippen molar-refractivity contribution in [3.05, 3.63) is 58.1 Å². The molecule has 19 heavy (non-hydrogen) atoms. The molecule has 0 atom stereocenters. The first-order valence-electron chi connectivity index (χ1n) is 6.43. The normalized spacial score (nSPS) is 10.5. The van der Waals surface area contributed by atoms with Gasteiger partial charge in [-0.15, -0.1) is 0 Å². The highest BCUT2D eigenvalue weighted by Gasteiger charge is 2.06. The zero-order valence-corrected chi connectivity index (χ0v) is 12.8. The van der Waals surface area contributed by atoms with Gasteiger partial charge in [-0.25, -0.2) is 0 Å². The molecule has 0 aliphatic rings. The minimum absolute atomic E-state index is 0.822. The fraction of sp³-hybridized carbons (Fsp3) is 0.250. The van der Waals surface area contributed by atoms with Crippen LogP contribution in [0.1, 0.15) is 18.1 Å². The molecule has 0 aliphatic heterocycles. The lowest BCUT2D eigenvalue weighted by atomic mass is 10.2. The van der Waals surface area contributed by atoms with E-state index in [2.05, 4.69) is 40.3 Å². The predicted octanol–water partition coefficient (Wildman–Crippen LogP) is 4.66. The quantitative estimate of drug-likeness (QED) is 0.865. The zero-order valence-electron chi connectivity index (χ0n) is 11.2. The summed E-state index contributed by atoms with van der Waals surface area (Å²) in [7, 11) is 0. The number of aryl methyl sites for hydroxylation is 1. The highest BCUT2D eigenvalue weighted by molar-refractivity contribution is 9.10. The molecule has 2 aromatic carbocycles. The van der Waals surface area contributed by atoms with Crippen LogP contribution in [0.4, 0.5) is 0 Å². The van der Waals surface area contributed by atoms with E-state index in [1.165, 1.54) is 5.56 Å². The van der Waals surface area contributed by atoms with Crippen molar-refractivity contribution in [1.29, 1.82) is 0 Å². The topological polar surface area (TPSA) is 21.3 Å². The van der Waals surface area contributed by atoms with E-state index in [0.717, 1.165) is 34.6 Å². The summed E-state index contributed by atoms with van der Waals surface area (Å²) in [5.41, 5.74) is 2.29. The molecule has 0 saturated heterocycles. The fourth-order valence-corrected chi connectivity index (χ4v) is 2.33. The van der Waals surface area contributed by atoms with E-state index < -0.39 is 0 Å². The highest BCUT2D eigenvalue weighted by Crippen LogP contribution is 2.29. The predicted molar refractivity (Wildman–Crippen MR) is 82.8 cm³/mol. The Hall–Kier alpha value is -1.32. The van der Waals surface area contributed by atoms with Crippen molar-refractivity contribution in [3.63, 3.8) is 0 Å². The monoisotopic (exact) mass is 319 g/mol. The zero-order chi connectivity index (χ0) is 13.7. The molecule has 100 valence electrons. The van der Waals surface area contributed by atoms with Crippen LogP contribution in [0.25, 0.3) is 0 Å². The van der Waals surface area contributed by atoms with Crippen LogP contribution in [0.5, 0.6) is 11.5 Å². The van der Waals surface area contributed by atoms with Gasteiger partial charge in [0.15, 0.2) is 0 Å². The molecule has 0 bridgehead atoms. The molecule has 0 aliphatic carbocycles. The van der Waals surface area contributed by atoms with Crippen molar-refractivity contribution in [1.82, 2.24) is 5.32 Å².